The van der Waals surface area contributed by atoms with Gasteiger partial charge in [0.25, 0.3) is 5.56 Å². The number of carbonyl (C=O) groups is 1. The van der Waals surface area contributed by atoms with Crippen LogP contribution < -0.4 is 11.3 Å². The van der Waals surface area contributed by atoms with Crippen LogP contribution in [-0.2, 0) is 50.8 Å². The van der Waals surface area contributed by atoms with Crippen LogP contribution in [0.5, 0.6) is 0 Å². The first-order chi connectivity index (χ1) is 27.0. The van der Waals surface area contributed by atoms with Gasteiger partial charge in [0.2, 0.25) is 0 Å². The topological polar surface area (TPSA) is 278 Å². The molecule has 4 aromatic rings. The fourth-order valence-corrected chi connectivity index (χ4v) is 12.1. The number of nitrogen functional groups attached to an aromatic ring is 1. The molecule has 1 spiro atoms. The molecule has 0 amide bonds. The van der Waals surface area contributed by atoms with Crippen molar-refractivity contribution < 1.29 is 55.9 Å². The molecule has 4 N–H and O–H groups in total. The van der Waals surface area contributed by atoms with Crippen LogP contribution in [0.1, 0.15) is 52.2 Å². The van der Waals surface area contributed by atoms with Crippen LogP contribution in [0.15, 0.2) is 23.8 Å². The highest BCUT2D eigenvalue weighted by Gasteiger charge is 2.74. The second-order valence-corrected chi connectivity index (χ2v) is 20.9. The molecule has 2 aliphatic heterocycles. The van der Waals surface area contributed by atoms with E-state index in [1.807, 2.05) is 0 Å². The number of carbonyl (C=O) groups excluding carboxylic acids is 1. The number of phosphoric acid groups is 1. The molecule has 1 unspecified atom stereocenters. The number of aliphatic hydroxyl groups excluding tert-OH is 1. The van der Waals surface area contributed by atoms with E-state index in [0.717, 1.165) is 0 Å². The second-order valence-electron chi connectivity index (χ2n) is 15.3. The zero-order valence-electron chi connectivity index (χ0n) is 31.7. The van der Waals surface area contributed by atoms with Crippen LogP contribution in [0.25, 0.3) is 22.3 Å². The van der Waals surface area contributed by atoms with E-state index in [-0.39, 0.29) is 30.2 Å². The highest BCUT2D eigenvalue weighted by atomic mass is 32.7. The normalized spacial score (nSPS) is 35.6. The lowest BCUT2D eigenvalue weighted by atomic mass is 9.98. The van der Waals surface area contributed by atoms with Gasteiger partial charge in [-0.05, 0) is 47.0 Å². The lowest BCUT2D eigenvalue weighted by Gasteiger charge is -2.32. The van der Waals surface area contributed by atoms with E-state index >= 15 is 0 Å². The fraction of sp³-hybridized carbons (Fsp3) is 0.656. The first kappa shape index (κ1) is 40.4. The number of aromatic amines is 1. The third-order valence-corrected chi connectivity index (χ3v) is 15.4. The van der Waals surface area contributed by atoms with Gasteiger partial charge in [0.1, 0.15) is 54.1 Å². The molecule has 6 heterocycles. The molecule has 25 heteroatoms. The van der Waals surface area contributed by atoms with Crippen LogP contribution in [0.3, 0.4) is 0 Å². The van der Waals surface area contributed by atoms with Crippen LogP contribution >= 0.6 is 26.0 Å². The van der Waals surface area contributed by atoms with Gasteiger partial charge < -0.3 is 34.6 Å². The Morgan fingerprint density at radius 3 is 2.61 bits per heavy atom. The van der Waals surface area contributed by atoms with E-state index in [2.05, 4.69) is 29.9 Å². The maximum atomic E-state index is 15.0. The monoisotopic (exact) mass is 855 g/mol. The third kappa shape index (κ3) is 7.13. The van der Waals surface area contributed by atoms with Crippen molar-refractivity contribution in [3.05, 3.63) is 35.2 Å². The molecule has 22 nitrogen and oxygen atoms in total. The molecule has 2 saturated carbocycles. The number of phosphoric ester groups is 1. The van der Waals surface area contributed by atoms with E-state index < -0.39 is 98.2 Å². The number of hydrogen-bond donors (Lipinski definition) is 3. The SMILES string of the molecule is CCO[P@@]1(=O)OCC23C[C@@H]2[C@@H](n2cnc4c(N)ncnc42)[C@H](O)[C@@H]3O[P@](=O)(SCOC(=O)C(C)(C)C)OC[C@H]2O[C@@H](n3cnc4c(=O)[nH]c(C)nc43)[C@H](O1)[C@@H]2OC. The van der Waals surface area contributed by atoms with Gasteiger partial charge in [0.05, 0.1) is 43.9 Å². The number of aryl methyl sites for hydroxylation is 1. The average Bonchev–Trinajstić information content (AvgIpc) is 3.44. The first-order valence-corrected chi connectivity index (χ1v) is 22.7. The molecule has 0 radical (unpaired) electrons. The number of hydrogen-bond acceptors (Lipinski definition) is 20. The van der Waals surface area contributed by atoms with Gasteiger partial charge >= 0.3 is 20.6 Å². The van der Waals surface area contributed by atoms with Crippen molar-refractivity contribution in [1.29, 1.82) is 0 Å². The Kier molecular flexibility index (Phi) is 10.5. The summed E-state index contributed by atoms with van der Waals surface area (Å²) in [5.41, 5.74) is 4.40. The number of nitrogens with two attached hydrogens (primary N) is 1. The number of ether oxygens (including phenoxy) is 3. The first-order valence-electron chi connectivity index (χ1n) is 18.1. The van der Waals surface area contributed by atoms with Gasteiger partial charge in [-0.25, -0.2) is 34.0 Å². The summed E-state index contributed by atoms with van der Waals surface area (Å²) in [5, 5.41) is 12.1. The number of H-pyrrole nitrogens is 1. The van der Waals surface area contributed by atoms with Gasteiger partial charge in [0.15, 0.2) is 28.9 Å². The highest BCUT2D eigenvalue weighted by molar-refractivity contribution is 8.55. The van der Waals surface area contributed by atoms with E-state index in [1.54, 1.807) is 39.2 Å². The molecule has 2 saturated heterocycles. The van der Waals surface area contributed by atoms with Crippen LogP contribution in [-0.4, -0.2) is 114 Å². The van der Waals surface area contributed by atoms with Crippen molar-refractivity contribution in [3.8, 4) is 0 Å². The Morgan fingerprint density at radius 2 is 1.88 bits per heavy atom. The second kappa shape index (κ2) is 14.7. The maximum absolute atomic E-state index is 15.0. The number of anilines is 1. The van der Waals surface area contributed by atoms with Gasteiger partial charge in [-0.15, -0.1) is 0 Å². The minimum atomic E-state index is -4.53. The number of rotatable bonds is 8. The predicted molar refractivity (Wildman–Crippen MR) is 199 cm³/mol. The minimum absolute atomic E-state index is 0.00782. The lowest BCUT2D eigenvalue weighted by Crippen LogP contribution is -2.38. The Hall–Kier alpha value is -3.34. The lowest BCUT2D eigenvalue weighted by molar-refractivity contribution is -0.150. The van der Waals surface area contributed by atoms with Crippen LogP contribution in [0, 0.1) is 23.7 Å². The van der Waals surface area contributed by atoms with Crippen LogP contribution in [0.2, 0.25) is 0 Å². The minimum Gasteiger partial charge on any atom is -0.454 e. The molecule has 4 aliphatic rings. The molecule has 0 aromatic carbocycles. The molecule has 57 heavy (non-hydrogen) atoms. The Morgan fingerprint density at radius 1 is 1.12 bits per heavy atom. The Balaban J connectivity index is 1.19. The van der Waals surface area contributed by atoms with Crippen molar-refractivity contribution >= 4 is 60.1 Å². The Bertz CT molecular complexity index is 2350. The van der Waals surface area contributed by atoms with Gasteiger partial charge in [-0.2, -0.15) is 0 Å². The van der Waals surface area contributed by atoms with E-state index in [9.17, 15) is 23.8 Å². The number of aliphatic hydroxyl groups is 1. The predicted octanol–water partition coefficient (Wildman–Crippen LogP) is 3.03. The van der Waals surface area contributed by atoms with E-state index in [0.29, 0.717) is 34.8 Å². The molecule has 4 aromatic heterocycles. The number of nitrogens with one attached hydrogen (secondary N) is 1. The van der Waals surface area contributed by atoms with E-state index in [4.69, 9.17) is 42.6 Å². The number of aromatic nitrogens is 8. The smallest absolute Gasteiger partial charge is 0.454 e. The van der Waals surface area contributed by atoms with Crippen molar-refractivity contribution in [2.45, 2.75) is 83.8 Å². The van der Waals surface area contributed by atoms with Gasteiger partial charge in [-0.1, -0.05) is 0 Å². The summed E-state index contributed by atoms with van der Waals surface area (Å²) in [7, 11) is -3.16. The summed E-state index contributed by atoms with van der Waals surface area (Å²) in [5.74, 6) is -0.976. The quantitative estimate of drug-likeness (QED) is 0.130. The van der Waals surface area contributed by atoms with Crippen molar-refractivity contribution in [3.63, 3.8) is 0 Å². The molecule has 8 rings (SSSR count). The number of nitrogens with zero attached hydrogens (tertiary/aromatic N) is 7. The number of fused-ring (bicyclic) bond motifs is 4. The highest BCUT2D eigenvalue weighted by Crippen LogP contribution is 2.74. The third-order valence-electron chi connectivity index (χ3n) is 10.6. The molecular formula is C32H43N9O13P2S. The van der Waals surface area contributed by atoms with Crippen molar-refractivity contribution in [1.82, 2.24) is 39.0 Å². The van der Waals surface area contributed by atoms with Crippen molar-refractivity contribution in [2.24, 2.45) is 16.7 Å². The van der Waals surface area contributed by atoms with Gasteiger partial charge in [0, 0.05) is 23.9 Å². The summed E-state index contributed by atoms with van der Waals surface area (Å²) < 4.78 is 81.2. The van der Waals surface area contributed by atoms with Crippen molar-refractivity contribution in [2.75, 3.05) is 38.6 Å². The largest absolute Gasteiger partial charge is 0.475 e. The molecule has 2 bridgehead atoms. The summed E-state index contributed by atoms with van der Waals surface area (Å²) in [6.45, 7) is 2.90. The standard InChI is InChI=1S/C32H43N9O13P2S/c1-7-49-55(45)51-10-32-8-16(32)20(40-12-36-18-25(33)34-11-35-26(18)40)21(42)24(32)54-56(46,57-14-48-30(44)31(3,4)5)50-9-17-22(47-6)23(53-55)29(52-17)41-13-37-19-27(41)38-15(2)39-28(19)43/h11-13,16-17,20-24,29,42H,7-10,14H2,1-6H3,(H2,33,34,35)(H,38,39,43)/t16-,17-,20-,21+,22-,23-,24+,29-,32?,55+,56-/m1/s1. The number of methoxy groups -OCH3 is 1. The van der Waals surface area contributed by atoms with E-state index in [1.165, 1.54) is 30.7 Å². The summed E-state index contributed by atoms with van der Waals surface area (Å²) in [4.78, 5) is 49.5. The zero-order valence-corrected chi connectivity index (χ0v) is 34.3. The molecule has 2 aliphatic carbocycles. The molecule has 4 fully saturated rings. The zero-order chi connectivity index (χ0) is 40.7. The van der Waals surface area contributed by atoms with Crippen LogP contribution in [0.4, 0.5) is 5.82 Å². The maximum Gasteiger partial charge on any atom is 0.475 e. The average molecular weight is 856 g/mol. The summed E-state index contributed by atoms with van der Waals surface area (Å²) in [6, 6.07) is -0.759. The number of imidazole rings is 2. The van der Waals surface area contributed by atoms with Gasteiger partial charge in [-0.3, -0.25) is 36.8 Å². The molecule has 11 atom stereocenters. The fourth-order valence-electron chi connectivity index (χ4n) is 7.81. The molecule has 310 valence electrons. The summed E-state index contributed by atoms with van der Waals surface area (Å²) in [6.07, 6.45) is -2.85. The number of esters is 1. The summed E-state index contributed by atoms with van der Waals surface area (Å²) >= 11 is 0.607. The Labute approximate surface area is 328 Å². The molecular weight excluding hydrogens is 812 g/mol.